The minimum absolute atomic E-state index is 0.0816. The van der Waals surface area contributed by atoms with Crippen molar-refractivity contribution in [1.82, 2.24) is 5.32 Å². The number of rotatable bonds is 4. The molecule has 0 bridgehead atoms. The van der Waals surface area contributed by atoms with Gasteiger partial charge < -0.3 is 14.8 Å². The molecule has 0 aliphatic carbocycles. The highest BCUT2D eigenvalue weighted by molar-refractivity contribution is 6.00. The first-order valence-electron chi connectivity index (χ1n) is 6.25. The van der Waals surface area contributed by atoms with Gasteiger partial charge in [0.05, 0.1) is 6.54 Å². The Hall–Kier alpha value is -1.55. The number of likely N-dealkylation sites (N-methyl/N-ethyl adjacent to an activating group) is 1. The van der Waals surface area contributed by atoms with Crippen LogP contribution >= 0.6 is 0 Å². The van der Waals surface area contributed by atoms with E-state index in [0.717, 1.165) is 22.6 Å². The van der Waals surface area contributed by atoms with E-state index in [1.807, 2.05) is 12.1 Å². The Morgan fingerprint density at radius 1 is 1.33 bits per heavy atom. The summed E-state index contributed by atoms with van der Waals surface area (Å²) in [7, 11) is 1.77. The van der Waals surface area contributed by atoms with Crippen LogP contribution in [0.15, 0.2) is 12.1 Å². The Labute approximate surface area is 107 Å². The molecule has 0 atom stereocenters. The number of fused-ring (bicyclic) bond motifs is 1. The fraction of sp³-hybridized carbons (Fsp3) is 0.500. The van der Waals surface area contributed by atoms with Crippen LogP contribution in [0.5, 0.6) is 11.5 Å². The van der Waals surface area contributed by atoms with E-state index in [1.54, 1.807) is 7.05 Å². The van der Waals surface area contributed by atoms with Crippen molar-refractivity contribution in [2.75, 3.05) is 26.8 Å². The summed E-state index contributed by atoms with van der Waals surface area (Å²) < 4.78 is 11.2. The van der Waals surface area contributed by atoms with Gasteiger partial charge in [-0.3, -0.25) is 4.79 Å². The molecule has 1 aliphatic heterocycles. The van der Waals surface area contributed by atoms with Crippen LogP contribution in [0.3, 0.4) is 0 Å². The molecular weight excluding hydrogens is 230 g/mol. The molecule has 1 N–H and O–H groups in total. The van der Waals surface area contributed by atoms with E-state index in [0.29, 0.717) is 19.8 Å². The molecule has 2 rings (SSSR count). The lowest BCUT2D eigenvalue weighted by atomic mass is 9.93. The van der Waals surface area contributed by atoms with Crippen molar-refractivity contribution in [3.63, 3.8) is 0 Å². The van der Waals surface area contributed by atoms with Crippen LogP contribution in [-0.4, -0.2) is 32.6 Å². The maximum Gasteiger partial charge on any atom is 0.177 e. The third kappa shape index (κ3) is 2.34. The average molecular weight is 249 g/mol. The maximum atomic E-state index is 12.1. The smallest absolute Gasteiger partial charge is 0.177 e. The van der Waals surface area contributed by atoms with Gasteiger partial charge in [0.25, 0.3) is 0 Å². The largest absolute Gasteiger partial charge is 0.486 e. The van der Waals surface area contributed by atoms with Gasteiger partial charge in [-0.05, 0) is 25.1 Å². The van der Waals surface area contributed by atoms with Gasteiger partial charge in [0.15, 0.2) is 17.3 Å². The van der Waals surface area contributed by atoms with Gasteiger partial charge in [0.1, 0.15) is 13.2 Å². The number of hydrogen-bond acceptors (Lipinski definition) is 4. The molecule has 4 heteroatoms. The Balaban J connectivity index is 2.50. The fourth-order valence-electron chi connectivity index (χ4n) is 2.21. The second-order valence-electron chi connectivity index (χ2n) is 4.66. The van der Waals surface area contributed by atoms with Gasteiger partial charge >= 0.3 is 0 Å². The Bertz CT molecular complexity index is 455. The second kappa shape index (κ2) is 5.40. The van der Waals surface area contributed by atoms with E-state index in [-0.39, 0.29) is 11.7 Å². The Kier molecular flexibility index (Phi) is 3.87. The molecule has 0 fully saturated rings. The second-order valence-corrected chi connectivity index (χ2v) is 4.66. The number of carbonyl (C=O) groups is 1. The van der Waals surface area contributed by atoms with Crippen molar-refractivity contribution in [2.45, 2.75) is 19.8 Å². The van der Waals surface area contributed by atoms with E-state index in [2.05, 4.69) is 19.2 Å². The highest BCUT2D eigenvalue weighted by atomic mass is 16.6. The van der Waals surface area contributed by atoms with Crippen molar-refractivity contribution >= 4 is 5.78 Å². The molecule has 0 amide bonds. The summed E-state index contributed by atoms with van der Waals surface area (Å²) in [6.07, 6.45) is 0. The van der Waals surface area contributed by atoms with E-state index < -0.39 is 0 Å². The predicted molar refractivity (Wildman–Crippen MR) is 69.8 cm³/mol. The van der Waals surface area contributed by atoms with Crippen molar-refractivity contribution in [1.29, 1.82) is 0 Å². The van der Waals surface area contributed by atoms with E-state index >= 15 is 0 Å². The van der Waals surface area contributed by atoms with Crippen LogP contribution in [-0.2, 0) is 0 Å². The lowest BCUT2D eigenvalue weighted by Crippen LogP contribution is -2.22. The molecule has 1 aromatic rings. The van der Waals surface area contributed by atoms with Gasteiger partial charge in [-0.1, -0.05) is 13.8 Å². The van der Waals surface area contributed by atoms with Gasteiger partial charge in [-0.2, -0.15) is 0 Å². The summed E-state index contributed by atoms with van der Waals surface area (Å²) in [4.78, 5) is 12.1. The quantitative estimate of drug-likeness (QED) is 0.829. The molecule has 1 aliphatic rings. The number of carbonyl (C=O) groups excluding carboxylic acids is 1. The van der Waals surface area contributed by atoms with Crippen molar-refractivity contribution in [3.05, 3.63) is 23.3 Å². The fourth-order valence-corrected chi connectivity index (χ4v) is 2.21. The summed E-state index contributed by atoms with van der Waals surface area (Å²) in [5.41, 5.74) is 1.68. The molecule has 0 radical (unpaired) electrons. The number of Topliss-reactive ketones (excluding diaryl/α,β-unsaturated/α-hetero) is 1. The van der Waals surface area contributed by atoms with Crippen LogP contribution in [0.4, 0.5) is 0 Å². The number of ether oxygens (including phenoxy) is 2. The maximum absolute atomic E-state index is 12.1. The molecule has 18 heavy (non-hydrogen) atoms. The lowest BCUT2D eigenvalue weighted by molar-refractivity contribution is 0.0990. The first-order valence-corrected chi connectivity index (χ1v) is 6.25. The van der Waals surface area contributed by atoms with Crippen molar-refractivity contribution in [3.8, 4) is 11.5 Å². The average Bonchev–Trinajstić information content (AvgIpc) is 2.37. The van der Waals surface area contributed by atoms with Gasteiger partial charge in [-0.15, -0.1) is 0 Å². The SMILES string of the molecule is CNCC(=O)c1ccc2c(c1C(C)C)OCCO2. The van der Waals surface area contributed by atoms with E-state index in [4.69, 9.17) is 9.47 Å². The van der Waals surface area contributed by atoms with Crippen LogP contribution in [0.2, 0.25) is 0 Å². The first-order chi connectivity index (χ1) is 8.65. The van der Waals surface area contributed by atoms with Gasteiger partial charge in [-0.25, -0.2) is 0 Å². The molecule has 0 unspecified atom stereocenters. The first kappa shape index (κ1) is 12.9. The minimum atomic E-state index is 0.0816. The summed E-state index contributed by atoms with van der Waals surface area (Å²) in [5, 5.41) is 2.89. The minimum Gasteiger partial charge on any atom is -0.486 e. The molecule has 0 spiro atoms. The zero-order valence-electron chi connectivity index (χ0n) is 11.1. The summed E-state index contributed by atoms with van der Waals surface area (Å²) in [6.45, 7) is 5.55. The standard InChI is InChI=1S/C14H19NO3/c1-9(2)13-10(11(16)8-15-3)4-5-12-14(13)18-7-6-17-12/h4-5,9,15H,6-8H2,1-3H3. The molecule has 0 saturated carbocycles. The molecular formula is C14H19NO3. The van der Waals surface area contributed by atoms with Gasteiger partial charge in [0.2, 0.25) is 0 Å². The number of benzene rings is 1. The molecule has 98 valence electrons. The molecule has 0 aromatic heterocycles. The third-order valence-electron chi connectivity index (χ3n) is 2.96. The Morgan fingerprint density at radius 3 is 2.72 bits per heavy atom. The molecule has 1 aromatic carbocycles. The topological polar surface area (TPSA) is 47.6 Å². The Morgan fingerprint density at radius 2 is 2.06 bits per heavy atom. The third-order valence-corrected chi connectivity index (χ3v) is 2.96. The zero-order valence-corrected chi connectivity index (χ0v) is 11.1. The van der Waals surface area contributed by atoms with Gasteiger partial charge in [0, 0.05) is 11.1 Å². The van der Waals surface area contributed by atoms with Crippen LogP contribution in [0, 0.1) is 0 Å². The predicted octanol–water partition coefficient (Wildman–Crippen LogP) is 1.98. The monoisotopic (exact) mass is 249 g/mol. The molecule has 0 saturated heterocycles. The summed E-state index contributed by atoms with van der Waals surface area (Å²) in [5.74, 6) is 1.78. The highest BCUT2D eigenvalue weighted by Gasteiger charge is 2.23. The normalized spacial score (nSPS) is 13.8. The molecule has 1 heterocycles. The van der Waals surface area contributed by atoms with Crippen LogP contribution in [0.25, 0.3) is 0 Å². The number of ketones is 1. The molecule has 4 nitrogen and oxygen atoms in total. The van der Waals surface area contributed by atoms with Crippen molar-refractivity contribution in [2.24, 2.45) is 0 Å². The van der Waals surface area contributed by atoms with Crippen LogP contribution in [0.1, 0.15) is 35.7 Å². The number of nitrogens with one attached hydrogen (secondary N) is 1. The highest BCUT2D eigenvalue weighted by Crippen LogP contribution is 2.40. The van der Waals surface area contributed by atoms with Crippen LogP contribution < -0.4 is 14.8 Å². The lowest BCUT2D eigenvalue weighted by Gasteiger charge is -2.24. The van der Waals surface area contributed by atoms with Crippen molar-refractivity contribution < 1.29 is 14.3 Å². The summed E-state index contributed by atoms with van der Waals surface area (Å²) in [6, 6.07) is 3.66. The summed E-state index contributed by atoms with van der Waals surface area (Å²) >= 11 is 0. The van der Waals surface area contributed by atoms with E-state index in [9.17, 15) is 4.79 Å². The van der Waals surface area contributed by atoms with E-state index in [1.165, 1.54) is 0 Å². The zero-order chi connectivity index (χ0) is 13.1. The number of hydrogen-bond donors (Lipinski definition) is 1.